The third-order valence-corrected chi connectivity index (χ3v) is 2.98. The number of carbonyl (C=O) groups is 1. The molecule has 82 valence electrons. The minimum absolute atomic E-state index is 0.0792. The second-order valence-corrected chi connectivity index (χ2v) is 4.11. The molecule has 4 nitrogen and oxygen atoms in total. The number of hydrogen-bond acceptors (Lipinski definition) is 2. The summed E-state index contributed by atoms with van der Waals surface area (Å²) in [4.78, 5) is 14.3. The Bertz CT molecular complexity index is 451. The average Bonchev–Trinajstić information content (AvgIpc) is 2.57. The van der Waals surface area contributed by atoms with Crippen LogP contribution in [0.4, 0.5) is 4.79 Å². The van der Waals surface area contributed by atoms with Crippen molar-refractivity contribution in [3.05, 3.63) is 34.9 Å². The Kier molecular flexibility index (Phi) is 2.71. The molecule has 0 spiro atoms. The molecule has 2 amide bonds. The molecule has 0 saturated carbocycles. The van der Waals surface area contributed by atoms with Crippen molar-refractivity contribution in [3.63, 3.8) is 0 Å². The zero-order valence-electron chi connectivity index (χ0n) is 8.72. The summed E-state index contributed by atoms with van der Waals surface area (Å²) in [6.45, 7) is 0.396. The van der Waals surface area contributed by atoms with Crippen molar-refractivity contribution in [2.24, 2.45) is 0 Å². The quantitative estimate of drug-likeness (QED) is 0.701. The zero-order valence-corrected chi connectivity index (χ0v) is 9.48. The Morgan fingerprint density at radius 3 is 2.56 bits per heavy atom. The Morgan fingerprint density at radius 1 is 1.44 bits per heavy atom. The van der Waals surface area contributed by atoms with E-state index in [-0.39, 0.29) is 12.1 Å². The number of halogens is 1. The van der Waals surface area contributed by atoms with E-state index in [2.05, 4.69) is 0 Å². The average molecular weight is 236 g/mol. The van der Waals surface area contributed by atoms with Crippen molar-refractivity contribution >= 4 is 17.6 Å². The second kappa shape index (κ2) is 4.03. The fraction of sp³-hybridized carbons (Fsp3) is 0.273. The number of nitrogens with zero attached hydrogens (tertiary/aromatic N) is 3. The number of nitriles is 1. The Hall–Kier alpha value is -1.73. The lowest BCUT2D eigenvalue weighted by atomic mass is 10.1. The normalized spacial score (nSPS) is 20.1. The molecular weight excluding hydrogens is 226 g/mol. The van der Waals surface area contributed by atoms with Gasteiger partial charge in [-0.3, -0.25) is 0 Å². The number of rotatable bonds is 1. The molecule has 1 heterocycles. The van der Waals surface area contributed by atoms with Crippen LogP contribution in [0, 0.1) is 11.5 Å². The maximum absolute atomic E-state index is 11.6. The molecule has 1 unspecified atom stereocenters. The number of hydrogen-bond donors (Lipinski definition) is 0. The van der Waals surface area contributed by atoms with E-state index in [9.17, 15) is 4.79 Å². The van der Waals surface area contributed by atoms with Gasteiger partial charge in [0.2, 0.25) is 0 Å². The van der Waals surface area contributed by atoms with Gasteiger partial charge in [-0.2, -0.15) is 5.26 Å². The molecule has 0 N–H and O–H groups in total. The lowest BCUT2D eigenvalue weighted by Crippen LogP contribution is -2.26. The van der Waals surface area contributed by atoms with Crippen LogP contribution >= 0.6 is 11.6 Å². The number of amides is 2. The van der Waals surface area contributed by atoms with Crippen LogP contribution in [0.5, 0.6) is 0 Å². The molecule has 2 rings (SSSR count). The molecule has 1 aliphatic heterocycles. The van der Waals surface area contributed by atoms with E-state index in [0.29, 0.717) is 11.6 Å². The minimum atomic E-state index is -0.262. The predicted octanol–water partition coefficient (Wildman–Crippen LogP) is 2.23. The van der Waals surface area contributed by atoms with E-state index < -0.39 is 0 Å². The zero-order chi connectivity index (χ0) is 11.7. The van der Waals surface area contributed by atoms with Crippen molar-refractivity contribution in [2.75, 3.05) is 13.6 Å². The highest BCUT2D eigenvalue weighted by atomic mass is 35.5. The molecular formula is C11H10ClN3O. The first-order valence-corrected chi connectivity index (χ1v) is 5.21. The van der Waals surface area contributed by atoms with Crippen molar-refractivity contribution in [1.82, 2.24) is 9.80 Å². The maximum Gasteiger partial charge on any atom is 0.333 e. The van der Waals surface area contributed by atoms with Crippen LogP contribution in [0.3, 0.4) is 0 Å². The standard InChI is InChI=1S/C11H10ClN3O/c1-14-10(6-15(7-13)11(14)16)8-2-4-9(12)5-3-8/h2-5,10H,6H2,1H3. The molecule has 0 radical (unpaired) electrons. The molecule has 0 aromatic heterocycles. The monoisotopic (exact) mass is 235 g/mol. The van der Waals surface area contributed by atoms with Crippen LogP contribution < -0.4 is 0 Å². The number of likely N-dealkylation sites (N-methyl/N-ethyl adjacent to an activating group) is 1. The van der Waals surface area contributed by atoms with Gasteiger partial charge in [0.1, 0.15) is 0 Å². The molecule has 1 atom stereocenters. The highest BCUT2D eigenvalue weighted by Gasteiger charge is 2.35. The molecule has 0 bridgehead atoms. The molecule has 5 heteroatoms. The summed E-state index contributed by atoms with van der Waals surface area (Å²) in [5, 5.41) is 9.43. The fourth-order valence-electron chi connectivity index (χ4n) is 1.79. The first-order valence-electron chi connectivity index (χ1n) is 4.83. The molecule has 0 aliphatic carbocycles. The van der Waals surface area contributed by atoms with Gasteiger partial charge < -0.3 is 4.90 Å². The first-order chi connectivity index (χ1) is 7.63. The Morgan fingerprint density at radius 2 is 2.06 bits per heavy atom. The lowest BCUT2D eigenvalue weighted by molar-refractivity contribution is 0.205. The molecule has 16 heavy (non-hydrogen) atoms. The fourth-order valence-corrected chi connectivity index (χ4v) is 1.92. The highest BCUT2D eigenvalue weighted by Crippen LogP contribution is 2.28. The van der Waals surface area contributed by atoms with Gasteiger partial charge in [-0.25, -0.2) is 9.69 Å². The summed E-state index contributed by atoms with van der Waals surface area (Å²) in [7, 11) is 1.69. The summed E-state index contributed by atoms with van der Waals surface area (Å²) in [6.07, 6.45) is 1.87. The van der Waals surface area contributed by atoms with E-state index in [0.717, 1.165) is 10.5 Å². The lowest BCUT2D eigenvalue weighted by Gasteiger charge is -2.17. The van der Waals surface area contributed by atoms with Gasteiger partial charge in [0.15, 0.2) is 6.19 Å². The van der Waals surface area contributed by atoms with E-state index in [1.54, 1.807) is 24.1 Å². The largest absolute Gasteiger partial charge is 0.333 e. The van der Waals surface area contributed by atoms with Gasteiger partial charge in [0.05, 0.1) is 12.6 Å². The Balaban J connectivity index is 2.27. The summed E-state index contributed by atoms with van der Waals surface area (Å²) in [5.41, 5.74) is 0.984. The van der Waals surface area contributed by atoms with E-state index in [4.69, 9.17) is 16.9 Å². The van der Waals surface area contributed by atoms with Crippen molar-refractivity contribution < 1.29 is 4.79 Å². The van der Waals surface area contributed by atoms with Crippen molar-refractivity contribution in [2.45, 2.75) is 6.04 Å². The third kappa shape index (κ3) is 1.70. The number of urea groups is 1. The summed E-state index contributed by atoms with van der Waals surface area (Å²) < 4.78 is 0. The van der Waals surface area contributed by atoms with E-state index >= 15 is 0 Å². The van der Waals surface area contributed by atoms with Crippen LogP contribution in [0.25, 0.3) is 0 Å². The first kappa shape index (κ1) is 10.8. The van der Waals surface area contributed by atoms with Crippen LogP contribution in [0.2, 0.25) is 5.02 Å². The maximum atomic E-state index is 11.6. The van der Waals surface area contributed by atoms with Gasteiger partial charge >= 0.3 is 6.03 Å². The van der Waals surface area contributed by atoms with Gasteiger partial charge in [-0.1, -0.05) is 23.7 Å². The molecule has 1 aromatic carbocycles. The van der Waals surface area contributed by atoms with Gasteiger partial charge in [0.25, 0.3) is 0 Å². The predicted molar refractivity (Wildman–Crippen MR) is 59.7 cm³/mol. The smallest absolute Gasteiger partial charge is 0.318 e. The number of benzene rings is 1. The van der Waals surface area contributed by atoms with Crippen molar-refractivity contribution in [3.8, 4) is 6.19 Å². The second-order valence-electron chi connectivity index (χ2n) is 3.67. The van der Waals surface area contributed by atoms with E-state index in [1.807, 2.05) is 18.3 Å². The topological polar surface area (TPSA) is 47.3 Å². The summed E-state index contributed by atoms with van der Waals surface area (Å²) in [5.74, 6) is 0. The van der Waals surface area contributed by atoms with E-state index in [1.165, 1.54) is 0 Å². The van der Waals surface area contributed by atoms with Crippen LogP contribution in [-0.4, -0.2) is 29.4 Å². The van der Waals surface area contributed by atoms with Crippen LogP contribution in [0.15, 0.2) is 24.3 Å². The minimum Gasteiger partial charge on any atom is -0.318 e. The van der Waals surface area contributed by atoms with Gasteiger partial charge in [-0.05, 0) is 17.7 Å². The molecule has 1 aliphatic rings. The summed E-state index contributed by atoms with van der Waals surface area (Å²) in [6, 6.07) is 6.97. The third-order valence-electron chi connectivity index (χ3n) is 2.73. The van der Waals surface area contributed by atoms with Crippen LogP contribution in [0.1, 0.15) is 11.6 Å². The van der Waals surface area contributed by atoms with Crippen molar-refractivity contribution in [1.29, 1.82) is 5.26 Å². The van der Waals surface area contributed by atoms with Crippen LogP contribution in [-0.2, 0) is 0 Å². The summed E-state index contributed by atoms with van der Waals surface area (Å²) >= 11 is 5.80. The Labute approximate surface area is 98.6 Å². The molecule has 1 fully saturated rings. The molecule has 1 aromatic rings. The number of carbonyl (C=O) groups excluding carboxylic acids is 1. The van der Waals surface area contributed by atoms with Gasteiger partial charge in [-0.15, -0.1) is 0 Å². The highest BCUT2D eigenvalue weighted by molar-refractivity contribution is 6.30. The van der Waals surface area contributed by atoms with Gasteiger partial charge in [0, 0.05) is 12.1 Å². The SMILES string of the molecule is CN1C(=O)N(C#N)CC1c1ccc(Cl)cc1. The molecule has 1 saturated heterocycles.